The van der Waals surface area contributed by atoms with E-state index < -0.39 is 0 Å². The van der Waals surface area contributed by atoms with Gasteiger partial charge in [-0.15, -0.1) is 45.5 Å². The van der Waals surface area contributed by atoms with E-state index in [0.29, 0.717) is 12.5 Å². The molecule has 0 amide bonds. The summed E-state index contributed by atoms with van der Waals surface area (Å²) in [5.41, 5.74) is 1.14. The molecule has 0 saturated heterocycles. The van der Waals surface area contributed by atoms with Gasteiger partial charge in [0.1, 0.15) is 17.2 Å². The molecule has 0 aliphatic carbocycles. The molecule has 0 saturated carbocycles. The van der Waals surface area contributed by atoms with Crippen molar-refractivity contribution < 1.29 is 0 Å². The van der Waals surface area contributed by atoms with Gasteiger partial charge >= 0.3 is 0 Å². The molecular formula is C16H28IN7S. The smallest absolute Gasteiger partial charge is 0.191 e. The van der Waals surface area contributed by atoms with Crippen LogP contribution in [0.2, 0.25) is 0 Å². The van der Waals surface area contributed by atoms with Crippen molar-refractivity contribution in [3.8, 4) is 0 Å². The second-order valence-electron chi connectivity index (χ2n) is 5.74. The van der Waals surface area contributed by atoms with E-state index in [2.05, 4.69) is 68.4 Å². The molecular weight excluding hydrogens is 449 g/mol. The number of hydrogen-bond donors (Lipinski definition) is 2. The van der Waals surface area contributed by atoms with Crippen LogP contribution in [0, 0.1) is 0 Å². The number of nitrogens with zero attached hydrogens (tertiary/aromatic N) is 5. The fraction of sp³-hybridized carbons (Fsp3) is 0.625. The first-order valence-corrected chi connectivity index (χ1v) is 9.35. The highest BCUT2D eigenvalue weighted by Crippen LogP contribution is 2.18. The molecule has 0 fully saturated rings. The summed E-state index contributed by atoms with van der Waals surface area (Å²) in [6.07, 6.45) is 2.66. The van der Waals surface area contributed by atoms with E-state index in [1.807, 2.05) is 0 Å². The maximum absolute atomic E-state index is 4.62. The first-order chi connectivity index (χ1) is 11.6. The molecule has 0 bridgehead atoms. The molecule has 0 unspecified atom stereocenters. The summed E-state index contributed by atoms with van der Waals surface area (Å²) in [5.74, 6) is 2.27. The van der Waals surface area contributed by atoms with Crippen molar-refractivity contribution >= 4 is 41.3 Å². The fourth-order valence-electron chi connectivity index (χ4n) is 2.19. The van der Waals surface area contributed by atoms with Crippen molar-refractivity contribution in [2.75, 3.05) is 13.1 Å². The fourth-order valence-corrected chi connectivity index (χ4v) is 3.06. The van der Waals surface area contributed by atoms with Crippen LogP contribution in [0.4, 0.5) is 0 Å². The normalized spacial score (nSPS) is 11.5. The number of aromatic nitrogens is 4. The van der Waals surface area contributed by atoms with Crippen LogP contribution in [-0.4, -0.2) is 38.8 Å². The molecule has 2 aromatic heterocycles. The van der Waals surface area contributed by atoms with E-state index >= 15 is 0 Å². The van der Waals surface area contributed by atoms with Gasteiger partial charge in [0.15, 0.2) is 5.96 Å². The minimum absolute atomic E-state index is 0. The number of thiazole rings is 1. The van der Waals surface area contributed by atoms with Crippen LogP contribution < -0.4 is 10.6 Å². The van der Waals surface area contributed by atoms with Gasteiger partial charge in [0.05, 0.1) is 12.2 Å². The Morgan fingerprint density at radius 2 is 2.12 bits per heavy atom. The van der Waals surface area contributed by atoms with Crippen LogP contribution in [-0.2, 0) is 19.5 Å². The number of halogens is 1. The zero-order valence-electron chi connectivity index (χ0n) is 15.3. The highest BCUT2D eigenvalue weighted by Gasteiger charge is 2.06. The number of guanidine groups is 1. The lowest BCUT2D eigenvalue weighted by molar-refractivity contribution is 0.632. The molecule has 2 aromatic rings. The summed E-state index contributed by atoms with van der Waals surface area (Å²) in [6.45, 7) is 11.5. The van der Waals surface area contributed by atoms with E-state index in [9.17, 15) is 0 Å². The molecule has 7 nitrogen and oxygen atoms in total. The Morgan fingerprint density at radius 1 is 1.32 bits per heavy atom. The molecule has 2 N–H and O–H groups in total. The highest BCUT2D eigenvalue weighted by molar-refractivity contribution is 14.0. The SMILES string of the molecule is CCNC(=NCc1nc(C(C)C)cs1)NCCn1cnnc1CC.I. The maximum atomic E-state index is 4.62. The van der Waals surface area contributed by atoms with Crippen LogP contribution in [0.1, 0.15) is 50.1 Å². The molecule has 140 valence electrons. The molecule has 0 aliphatic rings. The summed E-state index contributed by atoms with van der Waals surface area (Å²) in [4.78, 5) is 9.24. The second kappa shape index (κ2) is 11.4. The molecule has 0 atom stereocenters. The third-order valence-electron chi connectivity index (χ3n) is 3.53. The Morgan fingerprint density at radius 3 is 2.76 bits per heavy atom. The zero-order chi connectivity index (χ0) is 17.4. The summed E-state index contributed by atoms with van der Waals surface area (Å²) in [5, 5.41) is 17.8. The van der Waals surface area contributed by atoms with Gasteiger partial charge in [0, 0.05) is 31.4 Å². The predicted octanol–water partition coefficient (Wildman–Crippen LogP) is 2.79. The molecule has 2 rings (SSSR count). The monoisotopic (exact) mass is 477 g/mol. The van der Waals surface area contributed by atoms with Crippen molar-refractivity contribution in [1.29, 1.82) is 0 Å². The summed E-state index contributed by atoms with van der Waals surface area (Å²) in [7, 11) is 0. The van der Waals surface area contributed by atoms with Gasteiger partial charge in [-0.25, -0.2) is 9.98 Å². The number of rotatable bonds is 8. The van der Waals surface area contributed by atoms with Crippen LogP contribution >= 0.6 is 35.3 Å². The van der Waals surface area contributed by atoms with E-state index in [1.54, 1.807) is 17.7 Å². The molecule has 0 radical (unpaired) electrons. The highest BCUT2D eigenvalue weighted by atomic mass is 127. The largest absolute Gasteiger partial charge is 0.357 e. The van der Waals surface area contributed by atoms with Gasteiger partial charge in [-0.2, -0.15) is 0 Å². The summed E-state index contributed by atoms with van der Waals surface area (Å²) >= 11 is 1.67. The third kappa shape index (κ3) is 6.89. The van der Waals surface area contributed by atoms with Crippen molar-refractivity contribution in [3.63, 3.8) is 0 Å². The molecule has 9 heteroatoms. The number of nitrogens with one attached hydrogen (secondary N) is 2. The molecule has 25 heavy (non-hydrogen) atoms. The molecule has 0 spiro atoms. The van der Waals surface area contributed by atoms with E-state index in [4.69, 9.17) is 0 Å². The Kier molecular flexibility index (Phi) is 9.94. The van der Waals surface area contributed by atoms with Gasteiger partial charge in [0.25, 0.3) is 0 Å². The van der Waals surface area contributed by atoms with Crippen molar-refractivity contribution in [3.05, 3.63) is 28.2 Å². The lowest BCUT2D eigenvalue weighted by Gasteiger charge is -2.11. The van der Waals surface area contributed by atoms with E-state index in [-0.39, 0.29) is 24.0 Å². The lowest BCUT2D eigenvalue weighted by atomic mass is 10.2. The third-order valence-corrected chi connectivity index (χ3v) is 4.39. The zero-order valence-corrected chi connectivity index (χ0v) is 18.5. The van der Waals surface area contributed by atoms with E-state index in [0.717, 1.165) is 48.5 Å². The van der Waals surface area contributed by atoms with Crippen LogP contribution in [0.3, 0.4) is 0 Å². The van der Waals surface area contributed by atoms with E-state index in [1.165, 1.54) is 0 Å². The van der Waals surface area contributed by atoms with Gasteiger partial charge in [-0.1, -0.05) is 20.8 Å². The molecule has 2 heterocycles. The molecule has 0 aromatic carbocycles. The Bertz CT molecular complexity index is 650. The molecule has 0 aliphatic heterocycles. The van der Waals surface area contributed by atoms with Gasteiger partial charge in [0.2, 0.25) is 0 Å². The van der Waals surface area contributed by atoms with Crippen LogP contribution in [0.25, 0.3) is 0 Å². The minimum Gasteiger partial charge on any atom is -0.357 e. The van der Waals surface area contributed by atoms with Crippen molar-refractivity contribution in [2.24, 2.45) is 4.99 Å². The first kappa shape index (κ1) is 21.8. The van der Waals surface area contributed by atoms with Gasteiger partial charge < -0.3 is 15.2 Å². The average molecular weight is 477 g/mol. The Hall–Kier alpha value is -1.23. The standard InChI is InChI=1S/C16H27N7S.HI/c1-5-14-22-20-11-23(14)8-7-18-16(17-6-2)19-9-15-21-13(10-24-15)12(3)4;/h10-12H,5-9H2,1-4H3,(H2,17,18,19);1H. The van der Waals surface area contributed by atoms with Crippen molar-refractivity contribution in [2.45, 2.75) is 53.1 Å². The Labute approximate surface area is 170 Å². The summed E-state index contributed by atoms with van der Waals surface area (Å²) in [6, 6.07) is 0. The van der Waals surface area contributed by atoms with Gasteiger partial charge in [-0.05, 0) is 12.8 Å². The van der Waals surface area contributed by atoms with Crippen molar-refractivity contribution in [1.82, 2.24) is 30.4 Å². The second-order valence-corrected chi connectivity index (χ2v) is 6.68. The Balaban J connectivity index is 0.00000312. The number of aryl methyl sites for hydroxylation is 1. The number of hydrogen-bond acceptors (Lipinski definition) is 5. The average Bonchev–Trinajstić information content (AvgIpc) is 3.21. The lowest BCUT2D eigenvalue weighted by Crippen LogP contribution is -2.38. The van der Waals surface area contributed by atoms with Gasteiger partial charge in [-0.3, -0.25) is 0 Å². The first-order valence-electron chi connectivity index (χ1n) is 8.47. The van der Waals surface area contributed by atoms with Crippen LogP contribution in [0.5, 0.6) is 0 Å². The quantitative estimate of drug-likeness (QED) is 0.347. The van der Waals surface area contributed by atoms with Crippen LogP contribution in [0.15, 0.2) is 16.7 Å². The number of aliphatic imine (C=N–C) groups is 1. The maximum Gasteiger partial charge on any atom is 0.191 e. The predicted molar refractivity (Wildman–Crippen MR) is 114 cm³/mol. The summed E-state index contributed by atoms with van der Waals surface area (Å²) < 4.78 is 2.06. The minimum atomic E-state index is 0. The topological polar surface area (TPSA) is 80.0 Å².